The highest BCUT2D eigenvalue weighted by Gasteiger charge is 2.36. The molecule has 122 valence electrons. The van der Waals surface area contributed by atoms with Gasteiger partial charge in [-0.15, -0.1) is 0 Å². The third kappa shape index (κ3) is 4.05. The van der Waals surface area contributed by atoms with Crippen LogP contribution in [0.5, 0.6) is 5.75 Å². The molecule has 23 heavy (non-hydrogen) atoms. The van der Waals surface area contributed by atoms with E-state index in [0.29, 0.717) is 10.5 Å². The number of halogens is 1. The monoisotopic (exact) mass is 355 g/mol. The van der Waals surface area contributed by atoms with E-state index in [-0.39, 0.29) is 28.0 Å². The first kappa shape index (κ1) is 17.4. The van der Waals surface area contributed by atoms with Gasteiger partial charge in [-0.1, -0.05) is 17.7 Å². The van der Waals surface area contributed by atoms with Gasteiger partial charge < -0.3 is 9.84 Å². The molecule has 0 unspecified atom stereocenters. The van der Waals surface area contributed by atoms with Gasteiger partial charge in [0.25, 0.3) is 11.1 Å². The first-order chi connectivity index (χ1) is 10.8. The van der Waals surface area contributed by atoms with Crippen LogP contribution in [0.25, 0.3) is 6.08 Å². The lowest BCUT2D eigenvalue weighted by Crippen LogP contribution is -2.34. The van der Waals surface area contributed by atoms with Crippen molar-refractivity contribution in [2.45, 2.75) is 19.9 Å². The molecule has 1 aliphatic heterocycles. The van der Waals surface area contributed by atoms with Gasteiger partial charge in [0.1, 0.15) is 5.75 Å². The van der Waals surface area contributed by atoms with E-state index in [4.69, 9.17) is 21.4 Å². The first-order valence-corrected chi connectivity index (χ1v) is 7.90. The maximum absolute atomic E-state index is 12.2. The SMILES string of the molecule is CC(C)N1C(=O)S/C(=C\c2ccc(OCC(=O)O)c(Cl)c2)C1=O. The summed E-state index contributed by atoms with van der Waals surface area (Å²) in [6.07, 6.45) is 1.57. The Labute approximate surface area is 142 Å². The van der Waals surface area contributed by atoms with Crippen LogP contribution in [-0.2, 0) is 9.59 Å². The molecule has 0 spiro atoms. The number of benzene rings is 1. The first-order valence-electron chi connectivity index (χ1n) is 6.71. The molecule has 1 aliphatic rings. The van der Waals surface area contributed by atoms with Crippen molar-refractivity contribution >= 4 is 46.6 Å². The van der Waals surface area contributed by atoms with Gasteiger partial charge in [-0.3, -0.25) is 14.5 Å². The highest BCUT2D eigenvalue weighted by Crippen LogP contribution is 2.34. The van der Waals surface area contributed by atoms with Crippen LogP contribution >= 0.6 is 23.4 Å². The van der Waals surface area contributed by atoms with Gasteiger partial charge in [0.05, 0.1) is 9.93 Å². The van der Waals surface area contributed by atoms with E-state index in [1.807, 2.05) is 0 Å². The number of carboxylic acid groups (broad SMARTS) is 1. The van der Waals surface area contributed by atoms with Crippen molar-refractivity contribution in [3.63, 3.8) is 0 Å². The van der Waals surface area contributed by atoms with Gasteiger partial charge in [0.15, 0.2) is 6.61 Å². The van der Waals surface area contributed by atoms with Crippen molar-refractivity contribution in [1.29, 1.82) is 0 Å². The number of nitrogens with zero attached hydrogens (tertiary/aromatic N) is 1. The fourth-order valence-corrected chi connectivity index (χ4v) is 3.14. The van der Waals surface area contributed by atoms with E-state index < -0.39 is 12.6 Å². The standard InChI is InChI=1S/C15H14ClNO5S/c1-8(2)17-14(20)12(23-15(17)21)6-9-3-4-11(10(16)5-9)22-7-13(18)19/h3-6,8H,7H2,1-2H3,(H,18,19)/b12-6-. The average Bonchev–Trinajstić information content (AvgIpc) is 2.72. The molecule has 2 rings (SSSR count). The van der Waals surface area contributed by atoms with Crippen LogP contribution in [0.2, 0.25) is 5.02 Å². The Morgan fingerprint density at radius 1 is 1.43 bits per heavy atom. The van der Waals surface area contributed by atoms with Gasteiger partial charge in [0.2, 0.25) is 0 Å². The molecule has 0 aliphatic carbocycles. The Morgan fingerprint density at radius 3 is 2.65 bits per heavy atom. The quantitative estimate of drug-likeness (QED) is 0.816. The zero-order chi connectivity index (χ0) is 17.1. The number of thioether (sulfide) groups is 1. The van der Waals surface area contributed by atoms with E-state index in [1.165, 1.54) is 11.0 Å². The molecule has 2 amide bonds. The number of carboxylic acids is 1. The summed E-state index contributed by atoms with van der Waals surface area (Å²) >= 11 is 6.90. The van der Waals surface area contributed by atoms with E-state index in [1.54, 1.807) is 32.1 Å². The zero-order valence-electron chi connectivity index (χ0n) is 12.4. The van der Waals surface area contributed by atoms with Gasteiger partial charge in [-0.05, 0) is 49.4 Å². The number of carbonyl (C=O) groups excluding carboxylic acids is 2. The predicted molar refractivity (Wildman–Crippen MR) is 87.5 cm³/mol. The second-order valence-corrected chi connectivity index (χ2v) is 6.42. The largest absolute Gasteiger partial charge is 0.480 e. The summed E-state index contributed by atoms with van der Waals surface area (Å²) in [7, 11) is 0. The number of ether oxygens (including phenoxy) is 1. The number of hydrogen-bond donors (Lipinski definition) is 1. The number of amides is 2. The van der Waals surface area contributed by atoms with Crippen molar-refractivity contribution in [3.05, 3.63) is 33.7 Å². The average molecular weight is 356 g/mol. The molecule has 0 bridgehead atoms. The third-order valence-electron chi connectivity index (χ3n) is 2.94. The normalized spacial score (nSPS) is 16.5. The van der Waals surface area contributed by atoms with Crippen molar-refractivity contribution in [1.82, 2.24) is 4.90 Å². The van der Waals surface area contributed by atoms with E-state index >= 15 is 0 Å². The Balaban J connectivity index is 2.20. The van der Waals surface area contributed by atoms with Crippen molar-refractivity contribution in [2.75, 3.05) is 6.61 Å². The minimum Gasteiger partial charge on any atom is -0.480 e. The van der Waals surface area contributed by atoms with Gasteiger partial charge in [-0.25, -0.2) is 4.79 Å². The molecule has 1 aromatic rings. The second kappa shape index (κ2) is 7.06. The summed E-state index contributed by atoms with van der Waals surface area (Å²) in [5.41, 5.74) is 0.618. The third-order valence-corrected chi connectivity index (χ3v) is 4.12. The Kier molecular flexibility index (Phi) is 5.33. The second-order valence-electron chi connectivity index (χ2n) is 5.02. The summed E-state index contributed by atoms with van der Waals surface area (Å²) in [4.78, 5) is 36.0. The predicted octanol–water partition coefficient (Wildman–Crippen LogP) is 3.25. The Morgan fingerprint density at radius 2 is 2.13 bits per heavy atom. The van der Waals surface area contributed by atoms with Crippen LogP contribution in [0.1, 0.15) is 19.4 Å². The fraction of sp³-hybridized carbons (Fsp3) is 0.267. The number of aliphatic carboxylic acids is 1. The maximum Gasteiger partial charge on any atom is 0.341 e. The summed E-state index contributed by atoms with van der Waals surface area (Å²) in [6, 6.07) is 4.49. The molecule has 1 aromatic carbocycles. The highest BCUT2D eigenvalue weighted by molar-refractivity contribution is 8.18. The van der Waals surface area contributed by atoms with E-state index in [2.05, 4.69) is 0 Å². The van der Waals surface area contributed by atoms with E-state index in [0.717, 1.165) is 11.8 Å². The summed E-state index contributed by atoms with van der Waals surface area (Å²) < 4.78 is 5.02. The lowest BCUT2D eigenvalue weighted by atomic mass is 10.2. The summed E-state index contributed by atoms with van der Waals surface area (Å²) in [5, 5.41) is 8.50. The van der Waals surface area contributed by atoms with Gasteiger partial charge in [-0.2, -0.15) is 0 Å². The van der Waals surface area contributed by atoms with Crippen LogP contribution in [0.3, 0.4) is 0 Å². The van der Waals surface area contributed by atoms with Crippen LogP contribution in [0.15, 0.2) is 23.1 Å². The van der Waals surface area contributed by atoms with Crippen LogP contribution in [0, 0.1) is 0 Å². The van der Waals surface area contributed by atoms with Crippen molar-refractivity contribution in [2.24, 2.45) is 0 Å². The zero-order valence-corrected chi connectivity index (χ0v) is 14.0. The molecule has 1 saturated heterocycles. The number of carbonyl (C=O) groups is 3. The lowest BCUT2D eigenvalue weighted by molar-refractivity contribution is -0.139. The molecule has 0 atom stereocenters. The lowest BCUT2D eigenvalue weighted by Gasteiger charge is -2.16. The van der Waals surface area contributed by atoms with Crippen LogP contribution in [-0.4, -0.2) is 39.8 Å². The highest BCUT2D eigenvalue weighted by atomic mass is 35.5. The topological polar surface area (TPSA) is 83.9 Å². The number of imide groups is 1. The van der Waals surface area contributed by atoms with Crippen molar-refractivity contribution < 1.29 is 24.2 Å². The molecule has 0 radical (unpaired) electrons. The Bertz CT molecular complexity index is 701. The smallest absolute Gasteiger partial charge is 0.341 e. The molecular weight excluding hydrogens is 342 g/mol. The molecule has 1 fully saturated rings. The molecular formula is C15H14ClNO5S. The molecule has 6 nitrogen and oxygen atoms in total. The van der Waals surface area contributed by atoms with Crippen LogP contribution < -0.4 is 4.74 Å². The van der Waals surface area contributed by atoms with Crippen molar-refractivity contribution in [3.8, 4) is 5.75 Å². The van der Waals surface area contributed by atoms with Gasteiger partial charge in [0, 0.05) is 6.04 Å². The molecule has 0 aromatic heterocycles. The number of rotatable bonds is 5. The number of hydrogen-bond acceptors (Lipinski definition) is 5. The minimum absolute atomic E-state index is 0.205. The fourth-order valence-electron chi connectivity index (χ4n) is 1.94. The molecule has 1 heterocycles. The molecule has 1 N–H and O–H groups in total. The van der Waals surface area contributed by atoms with Crippen LogP contribution in [0.4, 0.5) is 4.79 Å². The van der Waals surface area contributed by atoms with E-state index in [9.17, 15) is 14.4 Å². The summed E-state index contributed by atoms with van der Waals surface area (Å²) in [6.45, 7) is 3.04. The maximum atomic E-state index is 12.2. The molecule has 8 heteroatoms. The summed E-state index contributed by atoms with van der Waals surface area (Å²) in [5.74, 6) is -1.20. The van der Waals surface area contributed by atoms with Gasteiger partial charge >= 0.3 is 5.97 Å². The Hall–Kier alpha value is -1.99. The minimum atomic E-state index is -1.10. The molecule has 0 saturated carbocycles.